The Hall–Kier alpha value is -1.81. The van der Waals surface area contributed by atoms with Gasteiger partial charge in [0.25, 0.3) is 6.47 Å². The normalized spacial score (nSPS) is 19.6. The maximum atomic E-state index is 12.8. The van der Waals surface area contributed by atoms with Gasteiger partial charge in [-0.15, -0.1) is 17.9 Å². The SMILES string of the molecule is C=CC(c1nc2ccccc2s1)S(=O)(=O)CC1COC(C)(C)N1.CC(C)(C)OC=O. The molecule has 1 N–H and O–H groups in total. The molecule has 3 rings (SSSR count). The molecule has 2 unspecified atom stereocenters. The van der Waals surface area contributed by atoms with Crippen molar-refractivity contribution in [2.24, 2.45) is 0 Å². The van der Waals surface area contributed by atoms with Crippen molar-refractivity contribution in [3.05, 3.63) is 41.9 Å². The van der Waals surface area contributed by atoms with Crippen molar-refractivity contribution in [3.8, 4) is 0 Å². The Kier molecular flexibility index (Phi) is 7.79. The van der Waals surface area contributed by atoms with Gasteiger partial charge in [0, 0.05) is 6.04 Å². The standard InChI is InChI=1S/C16H20N2O3S2.C5H10O2/c1-4-14(15-17-12-7-5-6-8-13(12)22-15)23(19,20)10-11-9-21-16(2,3)18-11;1-5(2,3)7-4-6/h4-8,11,14,18H,1,9-10H2,2-3H3;4H,1-3H3. The van der Waals surface area contributed by atoms with E-state index in [1.54, 1.807) is 0 Å². The summed E-state index contributed by atoms with van der Waals surface area (Å²) in [5, 5.41) is 2.97. The minimum absolute atomic E-state index is 0.00302. The highest BCUT2D eigenvalue weighted by molar-refractivity contribution is 7.92. The number of nitrogens with zero attached hydrogens (tertiary/aromatic N) is 1. The van der Waals surface area contributed by atoms with Gasteiger partial charge < -0.3 is 9.47 Å². The van der Waals surface area contributed by atoms with Gasteiger partial charge in [-0.1, -0.05) is 18.2 Å². The lowest BCUT2D eigenvalue weighted by Crippen LogP contribution is -2.42. The average molecular weight is 455 g/mol. The van der Waals surface area contributed by atoms with Crippen molar-refractivity contribution in [2.45, 2.75) is 57.2 Å². The molecule has 2 atom stereocenters. The van der Waals surface area contributed by atoms with Crippen LogP contribution in [-0.2, 0) is 24.1 Å². The van der Waals surface area contributed by atoms with Crippen molar-refractivity contribution < 1.29 is 22.7 Å². The Balaban J connectivity index is 0.000000396. The lowest BCUT2D eigenvalue weighted by molar-refractivity contribution is -0.138. The molecule has 166 valence electrons. The zero-order chi connectivity index (χ0) is 22.6. The molecule has 0 spiro atoms. The number of carbonyl (C=O) groups is 1. The van der Waals surface area contributed by atoms with Crippen LogP contribution in [0.5, 0.6) is 0 Å². The average Bonchev–Trinajstić information content (AvgIpc) is 3.16. The van der Waals surface area contributed by atoms with Crippen LogP contribution in [-0.4, -0.2) is 49.6 Å². The monoisotopic (exact) mass is 454 g/mol. The fourth-order valence-corrected chi connectivity index (χ4v) is 6.05. The maximum Gasteiger partial charge on any atom is 0.293 e. The first kappa shape index (κ1) is 24.5. The molecule has 7 nitrogen and oxygen atoms in total. The summed E-state index contributed by atoms with van der Waals surface area (Å²) in [5.74, 6) is 0.00302. The molecule has 0 bridgehead atoms. The minimum Gasteiger partial charge on any atom is -0.462 e. The van der Waals surface area contributed by atoms with Crippen LogP contribution in [0.3, 0.4) is 0 Å². The molecule has 9 heteroatoms. The second-order valence-electron chi connectivity index (χ2n) is 8.49. The van der Waals surface area contributed by atoms with Crippen LogP contribution in [0.4, 0.5) is 0 Å². The summed E-state index contributed by atoms with van der Waals surface area (Å²) in [6.45, 7) is 13.8. The van der Waals surface area contributed by atoms with Crippen molar-refractivity contribution in [1.82, 2.24) is 10.3 Å². The number of ether oxygens (including phenoxy) is 2. The quantitative estimate of drug-likeness (QED) is 0.526. The fourth-order valence-electron chi connectivity index (χ4n) is 2.91. The van der Waals surface area contributed by atoms with Gasteiger partial charge in [-0.05, 0) is 46.8 Å². The van der Waals surface area contributed by atoms with E-state index in [-0.39, 0.29) is 17.4 Å². The first-order chi connectivity index (χ1) is 13.9. The van der Waals surface area contributed by atoms with Crippen molar-refractivity contribution in [2.75, 3.05) is 12.4 Å². The lowest BCUT2D eigenvalue weighted by Gasteiger charge is -2.19. The smallest absolute Gasteiger partial charge is 0.293 e. The highest BCUT2D eigenvalue weighted by atomic mass is 32.2. The first-order valence-electron chi connectivity index (χ1n) is 9.59. The fraction of sp³-hybridized carbons (Fsp3) is 0.524. The summed E-state index contributed by atoms with van der Waals surface area (Å²) >= 11 is 1.40. The number of hydrogen-bond donors (Lipinski definition) is 1. The molecule has 0 amide bonds. The number of sulfone groups is 1. The van der Waals surface area contributed by atoms with E-state index in [0.29, 0.717) is 18.1 Å². The van der Waals surface area contributed by atoms with Gasteiger partial charge in [-0.3, -0.25) is 10.1 Å². The molecule has 1 aromatic heterocycles. The zero-order valence-corrected chi connectivity index (χ0v) is 19.7. The van der Waals surface area contributed by atoms with Crippen molar-refractivity contribution >= 4 is 37.9 Å². The van der Waals surface area contributed by atoms with E-state index < -0.39 is 20.8 Å². The van der Waals surface area contributed by atoms with E-state index in [4.69, 9.17) is 4.74 Å². The largest absolute Gasteiger partial charge is 0.462 e. The number of thiazole rings is 1. The number of carbonyl (C=O) groups excluding carboxylic acids is 1. The van der Waals surface area contributed by atoms with Crippen LogP contribution in [0.25, 0.3) is 10.2 Å². The number of para-hydroxylation sites is 1. The summed E-state index contributed by atoms with van der Waals surface area (Å²) in [6, 6.07) is 7.43. The van der Waals surface area contributed by atoms with E-state index >= 15 is 0 Å². The van der Waals surface area contributed by atoms with Gasteiger partial charge in [0.15, 0.2) is 9.84 Å². The predicted octanol–water partition coefficient (Wildman–Crippen LogP) is 3.62. The van der Waals surface area contributed by atoms with Crippen LogP contribution < -0.4 is 5.32 Å². The molecule has 0 aliphatic carbocycles. The highest BCUT2D eigenvalue weighted by Gasteiger charge is 2.36. The molecule has 2 aromatic rings. The van der Waals surface area contributed by atoms with Gasteiger partial charge in [0.2, 0.25) is 0 Å². The molecule has 1 aliphatic heterocycles. The molecule has 30 heavy (non-hydrogen) atoms. The molecule has 2 heterocycles. The predicted molar refractivity (Wildman–Crippen MR) is 120 cm³/mol. The van der Waals surface area contributed by atoms with Crippen LogP contribution in [0.15, 0.2) is 36.9 Å². The van der Waals surface area contributed by atoms with Crippen LogP contribution >= 0.6 is 11.3 Å². The van der Waals surface area contributed by atoms with Crippen molar-refractivity contribution in [1.29, 1.82) is 0 Å². The number of aromatic nitrogens is 1. The summed E-state index contributed by atoms with van der Waals surface area (Å²) < 4.78 is 36.7. The molecule has 1 aromatic carbocycles. The Bertz CT molecular complexity index is 944. The summed E-state index contributed by atoms with van der Waals surface area (Å²) in [5.41, 5.74) is 0.0135. The number of fused-ring (bicyclic) bond motifs is 1. The summed E-state index contributed by atoms with van der Waals surface area (Å²) in [7, 11) is -3.42. The number of rotatable bonds is 6. The second kappa shape index (κ2) is 9.55. The Morgan fingerprint density at radius 2 is 2.07 bits per heavy atom. The molecule has 1 aliphatic rings. The molecular weight excluding hydrogens is 424 g/mol. The van der Waals surface area contributed by atoms with Gasteiger partial charge in [0.05, 0.1) is 22.6 Å². The number of benzene rings is 1. The zero-order valence-electron chi connectivity index (χ0n) is 18.0. The van der Waals surface area contributed by atoms with Gasteiger partial charge >= 0.3 is 0 Å². The number of hydrogen-bond acceptors (Lipinski definition) is 8. The first-order valence-corrected chi connectivity index (χ1v) is 12.1. The van der Waals surface area contributed by atoms with E-state index in [1.807, 2.05) is 58.9 Å². The topological polar surface area (TPSA) is 94.6 Å². The molecular formula is C21H30N2O5S2. The molecule has 0 radical (unpaired) electrons. The number of nitrogens with one attached hydrogen (secondary N) is 1. The van der Waals surface area contributed by atoms with E-state index in [9.17, 15) is 13.2 Å². The van der Waals surface area contributed by atoms with Crippen LogP contribution in [0.1, 0.15) is 44.9 Å². The molecule has 1 saturated heterocycles. The van der Waals surface area contributed by atoms with Crippen LogP contribution in [0.2, 0.25) is 0 Å². The third kappa shape index (κ3) is 6.87. The summed E-state index contributed by atoms with van der Waals surface area (Å²) in [6.07, 6.45) is 1.47. The lowest BCUT2D eigenvalue weighted by atomic mass is 10.2. The van der Waals surface area contributed by atoms with E-state index in [0.717, 1.165) is 10.2 Å². The second-order valence-corrected chi connectivity index (χ2v) is 11.7. The Labute approximate surface area is 182 Å². The molecule has 0 saturated carbocycles. The van der Waals surface area contributed by atoms with Gasteiger partial charge in [0.1, 0.15) is 21.6 Å². The maximum absolute atomic E-state index is 12.8. The van der Waals surface area contributed by atoms with E-state index in [2.05, 4.69) is 21.6 Å². The minimum atomic E-state index is -3.42. The molecule has 1 fully saturated rings. The third-order valence-corrected chi connectivity index (χ3v) is 7.51. The van der Waals surface area contributed by atoms with E-state index in [1.165, 1.54) is 17.4 Å². The van der Waals surface area contributed by atoms with Crippen LogP contribution in [0, 0.1) is 0 Å². The van der Waals surface area contributed by atoms with Gasteiger partial charge in [-0.2, -0.15) is 0 Å². The third-order valence-electron chi connectivity index (χ3n) is 4.19. The van der Waals surface area contributed by atoms with Gasteiger partial charge in [-0.25, -0.2) is 13.4 Å². The Morgan fingerprint density at radius 3 is 2.53 bits per heavy atom. The summed E-state index contributed by atoms with van der Waals surface area (Å²) in [4.78, 5) is 14.1. The highest BCUT2D eigenvalue weighted by Crippen LogP contribution is 2.32. The van der Waals surface area contributed by atoms with Crippen molar-refractivity contribution in [3.63, 3.8) is 0 Å². The Morgan fingerprint density at radius 1 is 1.40 bits per heavy atom.